The third-order valence-electron chi connectivity index (χ3n) is 1.56. The molecule has 3 nitrogen and oxygen atoms in total. The molecule has 72 valence electrons. The Kier molecular flexibility index (Phi) is 3.31. The van der Waals surface area contributed by atoms with Crippen molar-refractivity contribution in [3.63, 3.8) is 0 Å². The van der Waals surface area contributed by atoms with Gasteiger partial charge in [-0.15, -0.1) is 11.3 Å². The smallest absolute Gasteiger partial charge is 0.348 e. The van der Waals surface area contributed by atoms with Crippen LogP contribution < -0.4 is 5.32 Å². The van der Waals surface area contributed by atoms with Crippen LogP contribution in [-0.2, 0) is 0 Å². The average Bonchev–Trinajstić information content (AvgIpc) is 2.47. The summed E-state index contributed by atoms with van der Waals surface area (Å²) in [4.78, 5) is 11.1. The first kappa shape index (κ1) is 10.1. The summed E-state index contributed by atoms with van der Waals surface area (Å²) in [6, 6.07) is 1.80. The Hall–Kier alpha value is -1.03. The van der Waals surface area contributed by atoms with Gasteiger partial charge in [0.15, 0.2) is 0 Å². The van der Waals surface area contributed by atoms with Gasteiger partial charge < -0.3 is 10.4 Å². The number of anilines is 1. The zero-order valence-electron chi connectivity index (χ0n) is 7.70. The zero-order chi connectivity index (χ0) is 9.84. The quantitative estimate of drug-likeness (QED) is 0.783. The number of carboxylic acid groups (broad SMARTS) is 1. The number of hydrogen-bond acceptors (Lipinski definition) is 3. The van der Waals surface area contributed by atoms with Crippen LogP contribution in [0.1, 0.15) is 23.5 Å². The van der Waals surface area contributed by atoms with E-state index in [1.54, 1.807) is 11.4 Å². The van der Waals surface area contributed by atoms with E-state index < -0.39 is 5.97 Å². The molecule has 1 aromatic heterocycles. The van der Waals surface area contributed by atoms with Crippen LogP contribution in [-0.4, -0.2) is 17.6 Å². The first-order chi connectivity index (χ1) is 6.11. The number of rotatable bonds is 4. The van der Waals surface area contributed by atoms with Crippen molar-refractivity contribution in [1.29, 1.82) is 0 Å². The molecule has 0 saturated heterocycles. The second kappa shape index (κ2) is 4.28. The van der Waals surface area contributed by atoms with E-state index in [1.165, 1.54) is 11.3 Å². The van der Waals surface area contributed by atoms with E-state index in [0.717, 1.165) is 12.2 Å². The van der Waals surface area contributed by atoms with Crippen molar-refractivity contribution < 1.29 is 9.90 Å². The number of aromatic carboxylic acids is 1. The van der Waals surface area contributed by atoms with Crippen molar-refractivity contribution in [3.8, 4) is 0 Å². The van der Waals surface area contributed by atoms with Crippen LogP contribution >= 0.6 is 11.3 Å². The zero-order valence-corrected chi connectivity index (χ0v) is 8.52. The molecule has 0 radical (unpaired) electrons. The minimum Gasteiger partial charge on any atom is -0.477 e. The van der Waals surface area contributed by atoms with Crippen LogP contribution in [0.5, 0.6) is 0 Å². The fraction of sp³-hybridized carbons (Fsp3) is 0.444. The van der Waals surface area contributed by atoms with E-state index in [0.29, 0.717) is 10.8 Å². The second-order valence-corrected chi connectivity index (χ2v) is 4.16. The molecular formula is C9H13NO2S. The van der Waals surface area contributed by atoms with Crippen LogP contribution in [0.25, 0.3) is 0 Å². The average molecular weight is 199 g/mol. The predicted octanol–water partition coefficient (Wildman–Crippen LogP) is 2.51. The highest BCUT2D eigenvalue weighted by molar-refractivity contribution is 7.12. The summed E-state index contributed by atoms with van der Waals surface area (Å²) in [5, 5.41) is 13.7. The lowest BCUT2D eigenvalue weighted by atomic mass is 10.2. The molecule has 0 aliphatic heterocycles. The monoisotopic (exact) mass is 199 g/mol. The van der Waals surface area contributed by atoms with Gasteiger partial charge >= 0.3 is 5.97 Å². The summed E-state index contributed by atoms with van der Waals surface area (Å²) in [6.07, 6.45) is 0. The van der Waals surface area contributed by atoms with E-state index in [9.17, 15) is 4.79 Å². The van der Waals surface area contributed by atoms with Crippen molar-refractivity contribution in [2.24, 2.45) is 5.92 Å². The molecule has 1 aromatic rings. The van der Waals surface area contributed by atoms with Crippen molar-refractivity contribution in [2.75, 3.05) is 11.9 Å². The summed E-state index contributed by atoms with van der Waals surface area (Å²) < 4.78 is 0. The molecule has 0 bridgehead atoms. The van der Waals surface area contributed by atoms with Gasteiger partial charge in [0.2, 0.25) is 0 Å². The van der Waals surface area contributed by atoms with Gasteiger partial charge in [-0.2, -0.15) is 0 Å². The summed E-state index contributed by atoms with van der Waals surface area (Å²) >= 11 is 1.25. The molecule has 13 heavy (non-hydrogen) atoms. The summed E-state index contributed by atoms with van der Waals surface area (Å²) in [5.74, 6) is -0.345. The Balaban J connectivity index is 2.65. The molecule has 1 heterocycles. The molecule has 0 saturated carbocycles. The number of nitrogens with one attached hydrogen (secondary N) is 1. The third kappa shape index (κ3) is 2.73. The molecule has 4 heteroatoms. The third-order valence-corrected chi connectivity index (χ3v) is 2.46. The van der Waals surface area contributed by atoms with Gasteiger partial charge in [-0.1, -0.05) is 13.8 Å². The van der Waals surface area contributed by atoms with Gasteiger partial charge in [-0.05, 0) is 17.4 Å². The van der Waals surface area contributed by atoms with Crippen LogP contribution in [0.3, 0.4) is 0 Å². The maximum atomic E-state index is 10.7. The molecule has 0 spiro atoms. The van der Waals surface area contributed by atoms with Crippen molar-refractivity contribution in [1.82, 2.24) is 0 Å². The maximum Gasteiger partial charge on any atom is 0.348 e. The molecule has 0 atom stereocenters. The molecule has 0 aromatic carbocycles. The first-order valence-corrected chi connectivity index (χ1v) is 5.04. The molecule has 0 aliphatic rings. The van der Waals surface area contributed by atoms with E-state index >= 15 is 0 Å². The molecular weight excluding hydrogens is 186 g/mol. The highest BCUT2D eigenvalue weighted by Gasteiger charge is 2.10. The van der Waals surface area contributed by atoms with Gasteiger partial charge in [-0.25, -0.2) is 4.79 Å². The first-order valence-electron chi connectivity index (χ1n) is 4.16. The van der Waals surface area contributed by atoms with E-state index in [2.05, 4.69) is 19.2 Å². The minimum atomic E-state index is -0.860. The lowest BCUT2D eigenvalue weighted by molar-refractivity contribution is 0.0703. The van der Waals surface area contributed by atoms with Gasteiger partial charge in [0.05, 0.1) is 5.69 Å². The number of carboxylic acids is 1. The fourth-order valence-corrected chi connectivity index (χ4v) is 1.64. The number of hydrogen-bond donors (Lipinski definition) is 2. The second-order valence-electron chi connectivity index (χ2n) is 3.24. The molecule has 2 N–H and O–H groups in total. The molecule has 0 fully saturated rings. The Morgan fingerprint density at radius 1 is 1.69 bits per heavy atom. The van der Waals surface area contributed by atoms with Crippen molar-refractivity contribution in [3.05, 3.63) is 16.3 Å². The molecule has 0 amide bonds. The Labute approximate surface area is 81.4 Å². The van der Waals surface area contributed by atoms with Crippen LogP contribution in [0.15, 0.2) is 11.4 Å². The standard InChI is InChI=1S/C9H13NO2S/c1-6(2)5-10-7-3-4-13-8(7)9(11)12/h3-4,6,10H,5H2,1-2H3,(H,11,12). The Morgan fingerprint density at radius 3 is 2.92 bits per heavy atom. The largest absolute Gasteiger partial charge is 0.477 e. The van der Waals surface area contributed by atoms with Gasteiger partial charge in [-0.3, -0.25) is 0 Å². The highest BCUT2D eigenvalue weighted by atomic mass is 32.1. The van der Waals surface area contributed by atoms with Crippen molar-refractivity contribution >= 4 is 23.0 Å². The summed E-state index contributed by atoms with van der Waals surface area (Å²) in [6.45, 7) is 4.97. The Bertz CT molecular complexity index is 294. The van der Waals surface area contributed by atoms with Gasteiger partial charge in [0.25, 0.3) is 0 Å². The van der Waals surface area contributed by atoms with Crippen LogP contribution in [0.2, 0.25) is 0 Å². The summed E-state index contributed by atoms with van der Waals surface area (Å²) in [5.41, 5.74) is 0.728. The van der Waals surface area contributed by atoms with Crippen molar-refractivity contribution in [2.45, 2.75) is 13.8 Å². The number of carbonyl (C=O) groups is 1. The maximum absolute atomic E-state index is 10.7. The van der Waals surface area contributed by atoms with Crippen LogP contribution in [0, 0.1) is 5.92 Å². The normalized spacial score (nSPS) is 10.4. The number of thiophene rings is 1. The van der Waals surface area contributed by atoms with E-state index in [1.807, 2.05) is 0 Å². The molecule has 0 unspecified atom stereocenters. The summed E-state index contributed by atoms with van der Waals surface area (Å²) in [7, 11) is 0. The van der Waals surface area contributed by atoms with Gasteiger partial charge in [0, 0.05) is 6.54 Å². The fourth-order valence-electron chi connectivity index (χ4n) is 0.928. The van der Waals surface area contributed by atoms with E-state index in [-0.39, 0.29) is 0 Å². The minimum absolute atomic E-state index is 0.389. The Morgan fingerprint density at radius 2 is 2.38 bits per heavy atom. The lowest BCUT2D eigenvalue weighted by Gasteiger charge is -2.07. The lowest BCUT2D eigenvalue weighted by Crippen LogP contribution is -2.09. The van der Waals surface area contributed by atoms with Gasteiger partial charge in [0.1, 0.15) is 4.88 Å². The highest BCUT2D eigenvalue weighted by Crippen LogP contribution is 2.22. The van der Waals surface area contributed by atoms with Crippen LogP contribution in [0.4, 0.5) is 5.69 Å². The SMILES string of the molecule is CC(C)CNc1ccsc1C(=O)O. The predicted molar refractivity (Wildman–Crippen MR) is 54.6 cm³/mol. The molecule has 1 rings (SSSR count). The van der Waals surface area contributed by atoms with E-state index in [4.69, 9.17) is 5.11 Å². The topological polar surface area (TPSA) is 49.3 Å². The molecule has 0 aliphatic carbocycles.